The zero-order valence-electron chi connectivity index (χ0n) is 10.1. The second kappa shape index (κ2) is 6.39. The number of carbonyl (C=O) groups excluding carboxylic acids is 1. The van der Waals surface area contributed by atoms with Crippen molar-refractivity contribution in [3.8, 4) is 5.75 Å². The van der Waals surface area contributed by atoms with Gasteiger partial charge in [0.25, 0.3) is 5.70 Å². The molecule has 1 aromatic rings. The van der Waals surface area contributed by atoms with Crippen molar-refractivity contribution in [3.63, 3.8) is 0 Å². The van der Waals surface area contributed by atoms with E-state index in [0.717, 1.165) is 0 Å². The fraction of sp³-hybridized carbons (Fsp3) is 0.250. The summed E-state index contributed by atoms with van der Waals surface area (Å²) in [6.45, 7) is 0.847. The smallest absolute Gasteiger partial charge is 0.303 e. The lowest BCUT2D eigenvalue weighted by atomic mass is 10.2. The van der Waals surface area contributed by atoms with Crippen LogP contribution in [0.4, 0.5) is 0 Å². The molecule has 0 aliphatic heterocycles. The van der Waals surface area contributed by atoms with E-state index in [1.165, 1.54) is 20.1 Å². The summed E-state index contributed by atoms with van der Waals surface area (Å²) >= 11 is 0. The molecule has 0 fully saturated rings. The lowest BCUT2D eigenvalue weighted by Crippen LogP contribution is -2.09. The molecule has 0 amide bonds. The number of carbonyl (C=O) groups is 1. The Labute approximate surface area is 104 Å². The minimum Gasteiger partial charge on any atom is -0.497 e. The van der Waals surface area contributed by atoms with Crippen molar-refractivity contribution in [1.82, 2.24) is 0 Å². The van der Waals surface area contributed by atoms with Gasteiger partial charge in [-0.2, -0.15) is 0 Å². The summed E-state index contributed by atoms with van der Waals surface area (Å²) in [6.07, 6.45) is 1.35. The topological polar surface area (TPSA) is 78.7 Å². The number of nitrogens with zero attached hydrogens (tertiary/aromatic N) is 1. The van der Waals surface area contributed by atoms with Crippen LogP contribution in [0.15, 0.2) is 30.0 Å². The molecule has 0 N–H and O–H groups in total. The summed E-state index contributed by atoms with van der Waals surface area (Å²) in [5.41, 5.74) is 0.449. The molecule has 0 aliphatic rings. The summed E-state index contributed by atoms with van der Waals surface area (Å²) < 4.78 is 9.59. The van der Waals surface area contributed by atoms with Crippen LogP contribution in [0, 0.1) is 10.1 Å². The lowest BCUT2D eigenvalue weighted by molar-refractivity contribution is -0.428. The molecule has 0 bridgehead atoms. The molecule has 0 atom stereocenters. The van der Waals surface area contributed by atoms with Crippen molar-refractivity contribution >= 4 is 12.0 Å². The van der Waals surface area contributed by atoms with E-state index >= 15 is 0 Å². The predicted molar refractivity (Wildman–Crippen MR) is 64.6 cm³/mol. The van der Waals surface area contributed by atoms with Gasteiger partial charge in [-0.15, -0.1) is 0 Å². The zero-order valence-corrected chi connectivity index (χ0v) is 10.1. The van der Waals surface area contributed by atoms with Crippen molar-refractivity contribution in [2.45, 2.75) is 6.92 Å². The summed E-state index contributed by atoms with van der Waals surface area (Å²) in [5.74, 6) is 0.104. The molecule has 0 spiro atoms. The first kappa shape index (κ1) is 13.7. The first-order valence-electron chi connectivity index (χ1n) is 5.15. The highest BCUT2D eigenvalue weighted by Crippen LogP contribution is 2.14. The fourth-order valence-electron chi connectivity index (χ4n) is 1.22. The standard InChI is InChI=1S/C12H13NO5/c1-9(14)18-8-11(13(15)16)7-10-3-5-12(17-2)6-4-10/h3-7H,8H2,1-2H3/b11-7-. The maximum atomic E-state index is 10.8. The van der Waals surface area contributed by atoms with Gasteiger partial charge >= 0.3 is 5.97 Å². The zero-order chi connectivity index (χ0) is 13.5. The predicted octanol–water partition coefficient (Wildman–Crippen LogP) is 1.88. The molecule has 0 radical (unpaired) electrons. The third-order valence-electron chi connectivity index (χ3n) is 2.11. The normalized spacial score (nSPS) is 10.9. The van der Waals surface area contributed by atoms with Crippen molar-refractivity contribution in [2.75, 3.05) is 13.7 Å². The number of nitro groups is 1. The van der Waals surface area contributed by atoms with Gasteiger partial charge in [-0.25, -0.2) is 0 Å². The van der Waals surface area contributed by atoms with Crippen molar-refractivity contribution in [2.24, 2.45) is 0 Å². The van der Waals surface area contributed by atoms with E-state index in [1.54, 1.807) is 24.3 Å². The van der Waals surface area contributed by atoms with Crippen LogP contribution in [0.25, 0.3) is 6.08 Å². The summed E-state index contributed by atoms with van der Waals surface area (Å²) in [4.78, 5) is 20.8. The van der Waals surface area contributed by atoms with Gasteiger partial charge in [0.05, 0.1) is 12.0 Å². The molecule has 0 heterocycles. The molecule has 1 rings (SSSR count). The van der Waals surface area contributed by atoms with Crippen LogP contribution in [0.3, 0.4) is 0 Å². The number of ether oxygens (including phenoxy) is 2. The van der Waals surface area contributed by atoms with Crippen LogP contribution < -0.4 is 4.74 Å². The Kier molecular flexibility index (Phi) is 4.86. The first-order chi connectivity index (χ1) is 8.52. The maximum Gasteiger partial charge on any atom is 0.303 e. The number of hydrogen-bond acceptors (Lipinski definition) is 5. The second-order valence-electron chi connectivity index (χ2n) is 3.45. The lowest BCUT2D eigenvalue weighted by Gasteiger charge is -2.01. The average Bonchev–Trinajstić information content (AvgIpc) is 2.34. The van der Waals surface area contributed by atoms with Crippen molar-refractivity contribution in [1.29, 1.82) is 0 Å². The molecule has 0 saturated carbocycles. The third-order valence-corrected chi connectivity index (χ3v) is 2.11. The van der Waals surface area contributed by atoms with Crippen LogP contribution >= 0.6 is 0 Å². The van der Waals surface area contributed by atoms with Crippen LogP contribution in [0.5, 0.6) is 5.75 Å². The van der Waals surface area contributed by atoms with E-state index < -0.39 is 10.9 Å². The van der Waals surface area contributed by atoms with Crippen molar-refractivity contribution in [3.05, 3.63) is 45.6 Å². The molecule has 0 saturated heterocycles. The monoisotopic (exact) mass is 251 g/mol. The van der Waals surface area contributed by atoms with E-state index in [0.29, 0.717) is 11.3 Å². The Morgan fingerprint density at radius 3 is 2.44 bits per heavy atom. The SMILES string of the molecule is COc1ccc(/C=C(/COC(C)=O)[N+](=O)[O-])cc1. The molecular weight excluding hydrogens is 238 g/mol. The highest BCUT2D eigenvalue weighted by atomic mass is 16.6. The van der Waals surface area contributed by atoms with Crippen LogP contribution in [-0.2, 0) is 9.53 Å². The molecular formula is C12H13NO5. The second-order valence-corrected chi connectivity index (χ2v) is 3.45. The van der Waals surface area contributed by atoms with Crippen molar-refractivity contribution < 1.29 is 19.2 Å². The number of esters is 1. The van der Waals surface area contributed by atoms with E-state index in [1.807, 2.05) is 0 Å². The summed E-state index contributed by atoms with van der Waals surface area (Å²) in [6, 6.07) is 6.73. The van der Waals surface area contributed by atoms with Gasteiger partial charge in [-0.05, 0) is 17.7 Å². The van der Waals surface area contributed by atoms with Gasteiger partial charge in [0.15, 0.2) is 6.61 Å². The molecule has 0 unspecified atom stereocenters. The number of hydrogen-bond donors (Lipinski definition) is 0. The number of methoxy groups -OCH3 is 1. The maximum absolute atomic E-state index is 10.8. The highest BCUT2D eigenvalue weighted by molar-refractivity contribution is 5.66. The van der Waals surface area contributed by atoms with Gasteiger partial charge in [0, 0.05) is 13.0 Å². The molecule has 18 heavy (non-hydrogen) atoms. The minimum absolute atomic E-state index is 0.185. The average molecular weight is 251 g/mol. The Hall–Kier alpha value is -2.37. The van der Waals surface area contributed by atoms with Crippen LogP contribution in [0.1, 0.15) is 12.5 Å². The molecule has 6 nitrogen and oxygen atoms in total. The van der Waals surface area contributed by atoms with E-state index in [9.17, 15) is 14.9 Å². The molecule has 96 valence electrons. The molecule has 1 aromatic carbocycles. The molecule has 0 aromatic heterocycles. The Bertz CT molecular complexity index is 464. The Balaban J connectivity index is 2.86. The fourth-order valence-corrected chi connectivity index (χ4v) is 1.22. The number of rotatable bonds is 5. The Morgan fingerprint density at radius 1 is 1.39 bits per heavy atom. The number of benzene rings is 1. The van der Waals surface area contributed by atoms with Gasteiger partial charge in [0.1, 0.15) is 5.75 Å². The van der Waals surface area contributed by atoms with Gasteiger partial charge < -0.3 is 9.47 Å². The first-order valence-corrected chi connectivity index (χ1v) is 5.15. The summed E-state index contributed by atoms with van der Waals surface area (Å²) in [5, 5.41) is 10.8. The van der Waals surface area contributed by atoms with E-state index in [-0.39, 0.29) is 12.3 Å². The molecule has 6 heteroatoms. The van der Waals surface area contributed by atoms with E-state index in [2.05, 4.69) is 4.74 Å². The quantitative estimate of drug-likeness (QED) is 0.453. The van der Waals surface area contributed by atoms with E-state index in [4.69, 9.17) is 4.74 Å². The third kappa shape index (κ3) is 4.25. The van der Waals surface area contributed by atoms with Gasteiger partial charge in [-0.3, -0.25) is 14.9 Å². The Morgan fingerprint density at radius 2 is 2.00 bits per heavy atom. The largest absolute Gasteiger partial charge is 0.497 e. The van der Waals surface area contributed by atoms with Gasteiger partial charge in [-0.1, -0.05) is 12.1 Å². The van der Waals surface area contributed by atoms with Crippen LogP contribution in [-0.4, -0.2) is 24.6 Å². The minimum atomic E-state index is -0.576. The summed E-state index contributed by atoms with van der Waals surface area (Å²) in [7, 11) is 1.54. The van der Waals surface area contributed by atoms with Gasteiger partial charge in [0.2, 0.25) is 0 Å². The molecule has 0 aliphatic carbocycles. The van der Waals surface area contributed by atoms with Crippen LogP contribution in [0.2, 0.25) is 0 Å². The highest BCUT2D eigenvalue weighted by Gasteiger charge is 2.12.